The maximum Gasteiger partial charge on any atom is 0.187 e. The van der Waals surface area contributed by atoms with Crippen molar-refractivity contribution in [3.05, 3.63) is 38.8 Å². The van der Waals surface area contributed by atoms with Gasteiger partial charge in [0, 0.05) is 16.1 Å². The third kappa shape index (κ3) is 3.38. The van der Waals surface area contributed by atoms with Gasteiger partial charge in [0.05, 0.1) is 10.7 Å². The summed E-state index contributed by atoms with van der Waals surface area (Å²) in [5, 5.41) is 18.2. The molecule has 5 atom stereocenters. The predicted octanol–water partition coefficient (Wildman–Crippen LogP) is 4.32. The Kier molecular flexibility index (Phi) is 4.90. The number of halogens is 2. The van der Waals surface area contributed by atoms with Crippen molar-refractivity contribution < 1.29 is 5.11 Å². The molecule has 4 nitrogen and oxygen atoms in total. The molecule has 3 N–H and O–H groups in total. The highest BCUT2D eigenvalue weighted by molar-refractivity contribution is 9.11. The van der Waals surface area contributed by atoms with E-state index >= 15 is 0 Å². The molecule has 0 aromatic heterocycles. The van der Waals surface area contributed by atoms with Gasteiger partial charge in [-0.3, -0.25) is 5.43 Å². The fraction of sp³-hybridized carbons (Fsp3) is 0.444. The highest BCUT2D eigenvalue weighted by Crippen LogP contribution is 2.56. The topological polar surface area (TPSA) is 56.7 Å². The number of hydrazone groups is 1. The Balaban J connectivity index is 1.34. The van der Waals surface area contributed by atoms with Crippen LogP contribution in [0.2, 0.25) is 0 Å². The quantitative estimate of drug-likeness (QED) is 0.259. The summed E-state index contributed by atoms with van der Waals surface area (Å²) in [7, 11) is 0. The molecule has 25 heavy (non-hydrogen) atoms. The molecule has 2 fully saturated rings. The lowest BCUT2D eigenvalue weighted by Gasteiger charge is -2.32. The number of nitrogens with one attached hydrogen (secondary N) is 2. The van der Waals surface area contributed by atoms with E-state index in [9.17, 15) is 5.11 Å². The van der Waals surface area contributed by atoms with E-state index in [1.807, 2.05) is 0 Å². The first-order valence-corrected chi connectivity index (χ1v) is 10.5. The van der Waals surface area contributed by atoms with Crippen molar-refractivity contribution in [3.63, 3.8) is 0 Å². The van der Waals surface area contributed by atoms with Gasteiger partial charge in [-0.2, -0.15) is 5.10 Å². The third-order valence-corrected chi connectivity index (χ3v) is 7.02. The Morgan fingerprint density at radius 2 is 2.12 bits per heavy atom. The molecular formula is C18H19Br2N3OS. The standard InChI is InChI=1S/C18H19Br2N3OS/c19-11-4-10(17(24)15(20)7-11)8-21-23-18(25)22-16-6-9-5-14(16)13-3-1-2-12(9)13/h1,3-4,7-9,12-14,16,24H,2,5-6H2,(H2,22,23,25)/b21-8-/t9-,12-,13+,14+,16-/m1/s1. The molecule has 3 aliphatic carbocycles. The fourth-order valence-corrected chi connectivity index (χ4v) is 6.22. The van der Waals surface area contributed by atoms with Crippen LogP contribution in [-0.2, 0) is 0 Å². The van der Waals surface area contributed by atoms with Gasteiger partial charge in [0.1, 0.15) is 5.75 Å². The molecule has 0 unspecified atom stereocenters. The van der Waals surface area contributed by atoms with Crippen LogP contribution in [0.4, 0.5) is 0 Å². The lowest BCUT2D eigenvalue weighted by molar-refractivity contribution is 0.246. The van der Waals surface area contributed by atoms with E-state index in [0.717, 1.165) is 22.2 Å². The fourth-order valence-electron chi connectivity index (χ4n) is 4.76. The van der Waals surface area contributed by atoms with E-state index in [1.165, 1.54) is 19.3 Å². The molecule has 0 heterocycles. The van der Waals surface area contributed by atoms with Crippen molar-refractivity contribution in [2.45, 2.75) is 25.3 Å². The molecule has 2 saturated carbocycles. The first kappa shape index (κ1) is 17.5. The number of thiocarbonyl (C=S) groups is 1. The van der Waals surface area contributed by atoms with E-state index in [1.54, 1.807) is 18.3 Å². The SMILES string of the molecule is Oc1c(Br)cc(Br)cc1/C=N\NC(=S)N[C@@H]1C[C@H]2C[C@H]1[C@H]1C=CC[C@H]21. The van der Waals surface area contributed by atoms with Crippen LogP contribution in [-0.4, -0.2) is 22.5 Å². The normalized spacial score (nSPS) is 32.3. The smallest absolute Gasteiger partial charge is 0.187 e. The molecule has 7 heteroatoms. The first-order chi connectivity index (χ1) is 12.0. The van der Waals surface area contributed by atoms with Crippen LogP contribution >= 0.6 is 44.1 Å². The van der Waals surface area contributed by atoms with E-state index < -0.39 is 0 Å². The van der Waals surface area contributed by atoms with Crippen molar-refractivity contribution in [1.29, 1.82) is 0 Å². The van der Waals surface area contributed by atoms with Crippen molar-refractivity contribution in [1.82, 2.24) is 10.7 Å². The van der Waals surface area contributed by atoms with Gasteiger partial charge in [-0.15, -0.1) is 0 Å². The number of benzene rings is 1. The number of rotatable bonds is 3. The van der Waals surface area contributed by atoms with E-state index in [4.69, 9.17) is 12.2 Å². The number of phenols is 1. The molecule has 1 aromatic rings. The monoisotopic (exact) mass is 483 g/mol. The number of phenolic OH excluding ortho intramolecular Hbond substituents is 1. The van der Waals surface area contributed by atoms with Crippen molar-refractivity contribution in [3.8, 4) is 5.75 Å². The molecule has 1 aromatic carbocycles. The average molecular weight is 485 g/mol. The van der Waals surface area contributed by atoms with Crippen LogP contribution in [0.5, 0.6) is 5.75 Å². The first-order valence-electron chi connectivity index (χ1n) is 8.47. The minimum Gasteiger partial charge on any atom is -0.506 e. The second kappa shape index (κ2) is 7.00. The number of hydrogen-bond donors (Lipinski definition) is 3. The van der Waals surface area contributed by atoms with Crippen LogP contribution in [0.3, 0.4) is 0 Å². The molecule has 2 bridgehead atoms. The second-order valence-corrected chi connectivity index (χ2v) is 9.25. The minimum atomic E-state index is 0.153. The summed E-state index contributed by atoms with van der Waals surface area (Å²) < 4.78 is 1.48. The molecule has 0 saturated heterocycles. The number of nitrogens with zero attached hydrogens (tertiary/aromatic N) is 1. The summed E-state index contributed by atoms with van der Waals surface area (Å²) in [5.74, 6) is 3.30. The van der Waals surface area contributed by atoms with Crippen LogP contribution in [0.25, 0.3) is 0 Å². The van der Waals surface area contributed by atoms with Gasteiger partial charge in [-0.1, -0.05) is 28.1 Å². The Morgan fingerprint density at radius 1 is 1.28 bits per heavy atom. The summed E-state index contributed by atoms with van der Waals surface area (Å²) in [6.45, 7) is 0. The van der Waals surface area contributed by atoms with Gasteiger partial charge in [0.2, 0.25) is 0 Å². The summed E-state index contributed by atoms with van der Waals surface area (Å²) in [4.78, 5) is 0. The molecule has 0 amide bonds. The number of allylic oxidation sites excluding steroid dienone is 2. The van der Waals surface area contributed by atoms with E-state index in [0.29, 0.717) is 27.1 Å². The Labute approximate surface area is 169 Å². The number of aromatic hydroxyl groups is 1. The molecule has 0 aliphatic heterocycles. The summed E-state index contributed by atoms with van der Waals surface area (Å²) in [6, 6.07) is 4.02. The van der Waals surface area contributed by atoms with Gasteiger partial charge >= 0.3 is 0 Å². The highest BCUT2D eigenvalue weighted by atomic mass is 79.9. The number of hydrogen-bond acceptors (Lipinski definition) is 3. The Bertz CT molecular complexity index is 767. The van der Waals surface area contributed by atoms with Gasteiger partial charge < -0.3 is 10.4 Å². The van der Waals surface area contributed by atoms with Crippen molar-refractivity contribution in [2.75, 3.05) is 0 Å². The molecule has 0 radical (unpaired) electrons. The largest absolute Gasteiger partial charge is 0.506 e. The predicted molar refractivity (Wildman–Crippen MR) is 111 cm³/mol. The van der Waals surface area contributed by atoms with Crippen LogP contribution in [0.1, 0.15) is 24.8 Å². The molecule has 4 rings (SSSR count). The zero-order valence-electron chi connectivity index (χ0n) is 13.5. The Hall–Kier alpha value is -0.920. The lowest BCUT2D eigenvalue weighted by atomic mass is 9.79. The molecule has 3 aliphatic rings. The van der Waals surface area contributed by atoms with E-state index in [2.05, 4.69) is 59.9 Å². The van der Waals surface area contributed by atoms with Crippen molar-refractivity contribution >= 4 is 55.4 Å². The maximum absolute atomic E-state index is 10.0. The van der Waals surface area contributed by atoms with Gasteiger partial charge in [0.15, 0.2) is 5.11 Å². The lowest BCUT2D eigenvalue weighted by Crippen LogP contribution is -2.45. The van der Waals surface area contributed by atoms with Crippen LogP contribution in [0, 0.1) is 23.7 Å². The zero-order chi connectivity index (χ0) is 17.6. The van der Waals surface area contributed by atoms with Crippen LogP contribution in [0.15, 0.2) is 38.3 Å². The highest BCUT2D eigenvalue weighted by Gasteiger charge is 2.52. The average Bonchev–Trinajstić information content (AvgIpc) is 3.24. The molecular weight excluding hydrogens is 466 g/mol. The van der Waals surface area contributed by atoms with Gasteiger partial charge in [0.25, 0.3) is 0 Å². The summed E-state index contributed by atoms with van der Waals surface area (Å²) in [6.07, 6.45) is 10.1. The zero-order valence-corrected chi connectivity index (χ0v) is 17.4. The summed E-state index contributed by atoms with van der Waals surface area (Å²) in [5.41, 5.74) is 3.48. The summed E-state index contributed by atoms with van der Waals surface area (Å²) >= 11 is 12.1. The van der Waals surface area contributed by atoms with E-state index in [-0.39, 0.29) is 5.75 Å². The van der Waals surface area contributed by atoms with Crippen LogP contribution < -0.4 is 10.7 Å². The number of fused-ring (bicyclic) bond motifs is 5. The maximum atomic E-state index is 10.0. The third-order valence-electron chi connectivity index (χ3n) is 5.75. The van der Waals surface area contributed by atoms with Gasteiger partial charge in [-0.05, 0) is 83.2 Å². The minimum absolute atomic E-state index is 0.153. The van der Waals surface area contributed by atoms with Crippen molar-refractivity contribution in [2.24, 2.45) is 28.8 Å². The Morgan fingerprint density at radius 3 is 2.96 bits per heavy atom. The molecule has 0 spiro atoms. The molecule has 132 valence electrons. The van der Waals surface area contributed by atoms with Gasteiger partial charge in [-0.25, -0.2) is 0 Å². The second-order valence-electron chi connectivity index (χ2n) is 7.08.